The molecule has 0 spiro atoms. The van der Waals surface area contributed by atoms with E-state index in [0.717, 1.165) is 9.13 Å². The van der Waals surface area contributed by atoms with Gasteiger partial charge in [0.05, 0.1) is 34.1 Å². The summed E-state index contributed by atoms with van der Waals surface area (Å²) in [6.45, 7) is -0.990. The van der Waals surface area contributed by atoms with Crippen LogP contribution in [-0.2, 0) is 28.9 Å². The quantitative estimate of drug-likeness (QED) is 0.451. The number of aliphatic carboxylic acids is 1. The molecule has 31 heavy (non-hydrogen) atoms. The van der Waals surface area contributed by atoms with E-state index >= 15 is 0 Å². The topological polar surface area (TPSA) is 140 Å². The first-order chi connectivity index (χ1) is 14.6. The molecular formula is C19H16N3O8S-. The van der Waals surface area contributed by atoms with E-state index in [4.69, 9.17) is 9.47 Å². The minimum absolute atomic E-state index is 0.0305. The third-order valence-corrected chi connectivity index (χ3v) is 6.74. The Hall–Kier alpha value is -3.80. The van der Waals surface area contributed by atoms with Crippen molar-refractivity contribution in [2.75, 3.05) is 17.6 Å². The molecule has 0 saturated carbocycles. The number of carbonyl (C=O) groups excluding carboxylic acids is 1. The number of anilines is 1. The summed E-state index contributed by atoms with van der Waals surface area (Å²) >= 11 is 0. The SMILES string of the molecule is Cn1c(=O)c(=O)n(C)c2cc(S(=O)(=O)N(CC(=O)[O-])c3ccc4c(c3)OCO4)ccc21. The van der Waals surface area contributed by atoms with E-state index in [0.29, 0.717) is 15.6 Å². The number of sulfonamides is 1. The zero-order valence-electron chi connectivity index (χ0n) is 16.4. The summed E-state index contributed by atoms with van der Waals surface area (Å²) < 4.78 is 40.0. The van der Waals surface area contributed by atoms with E-state index in [2.05, 4.69) is 0 Å². The van der Waals surface area contributed by atoms with Gasteiger partial charge in [0.15, 0.2) is 11.5 Å². The van der Waals surface area contributed by atoms with Crippen LogP contribution in [0.2, 0.25) is 0 Å². The van der Waals surface area contributed by atoms with Crippen LogP contribution >= 0.6 is 0 Å². The van der Waals surface area contributed by atoms with Gasteiger partial charge in [-0.2, -0.15) is 0 Å². The third-order valence-electron chi connectivity index (χ3n) is 4.97. The van der Waals surface area contributed by atoms with Crippen molar-refractivity contribution >= 4 is 32.7 Å². The number of carbonyl (C=O) groups is 1. The average molecular weight is 446 g/mol. The number of benzene rings is 2. The number of rotatable bonds is 5. The van der Waals surface area contributed by atoms with Gasteiger partial charge in [0, 0.05) is 20.2 Å². The highest BCUT2D eigenvalue weighted by Crippen LogP contribution is 2.37. The zero-order valence-corrected chi connectivity index (χ0v) is 17.2. The Morgan fingerprint density at radius 3 is 2.32 bits per heavy atom. The monoisotopic (exact) mass is 446 g/mol. The number of carboxylic acid groups (broad SMARTS) is 1. The van der Waals surface area contributed by atoms with Crippen molar-refractivity contribution in [2.45, 2.75) is 4.90 Å². The number of aryl methyl sites for hydroxylation is 2. The van der Waals surface area contributed by atoms with Crippen molar-refractivity contribution in [3.05, 3.63) is 57.1 Å². The highest BCUT2D eigenvalue weighted by atomic mass is 32.2. The van der Waals surface area contributed by atoms with Crippen LogP contribution in [-0.4, -0.2) is 36.9 Å². The van der Waals surface area contributed by atoms with Gasteiger partial charge in [0.2, 0.25) is 6.79 Å². The van der Waals surface area contributed by atoms with Crippen LogP contribution < -0.4 is 30.0 Å². The Balaban J connectivity index is 1.89. The molecule has 0 unspecified atom stereocenters. The smallest absolute Gasteiger partial charge is 0.316 e. The summed E-state index contributed by atoms with van der Waals surface area (Å²) in [6.07, 6.45) is 0. The number of aromatic nitrogens is 2. The molecule has 4 rings (SSSR count). The Bertz CT molecular complexity index is 1460. The van der Waals surface area contributed by atoms with Crippen LogP contribution in [0.15, 0.2) is 50.9 Å². The maximum absolute atomic E-state index is 13.4. The second-order valence-corrected chi connectivity index (χ2v) is 8.66. The normalized spacial score (nSPS) is 12.8. The predicted molar refractivity (Wildman–Crippen MR) is 107 cm³/mol. The average Bonchev–Trinajstić information content (AvgIpc) is 3.21. The van der Waals surface area contributed by atoms with Gasteiger partial charge in [-0.05, 0) is 30.3 Å². The number of hydrogen-bond donors (Lipinski definition) is 0. The van der Waals surface area contributed by atoms with Crippen LogP contribution in [0.5, 0.6) is 11.5 Å². The molecule has 2 aromatic carbocycles. The summed E-state index contributed by atoms with van der Waals surface area (Å²) in [6, 6.07) is 8.02. The first-order valence-corrected chi connectivity index (χ1v) is 10.4. The Morgan fingerprint density at radius 2 is 1.65 bits per heavy atom. The summed E-state index contributed by atoms with van der Waals surface area (Å²) in [5.41, 5.74) is -1.04. The minimum atomic E-state index is -4.40. The first kappa shape index (κ1) is 20.5. The first-order valence-electron chi connectivity index (χ1n) is 8.93. The Kier molecular flexibility index (Phi) is 4.73. The molecule has 0 radical (unpaired) electrons. The molecule has 0 bridgehead atoms. The molecule has 1 aliphatic rings. The Labute approximate surface area is 175 Å². The van der Waals surface area contributed by atoms with E-state index < -0.39 is 33.7 Å². The molecule has 162 valence electrons. The van der Waals surface area contributed by atoms with Crippen molar-refractivity contribution in [3.63, 3.8) is 0 Å². The second-order valence-electron chi connectivity index (χ2n) is 6.80. The van der Waals surface area contributed by atoms with Crippen molar-refractivity contribution in [1.82, 2.24) is 9.13 Å². The predicted octanol–water partition coefficient (Wildman–Crippen LogP) is -1.09. The molecule has 0 atom stereocenters. The lowest BCUT2D eigenvalue weighted by atomic mass is 10.3. The van der Waals surface area contributed by atoms with Gasteiger partial charge in [0.25, 0.3) is 10.0 Å². The van der Waals surface area contributed by atoms with Gasteiger partial charge < -0.3 is 28.5 Å². The molecular weight excluding hydrogens is 430 g/mol. The fraction of sp³-hybridized carbons (Fsp3) is 0.211. The minimum Gasteiger partial charge on any atom is -0.548 e. The number of fused-ring (bicyclic) bond motifs is 2. The van der Waals surface area contributed by atoms with Crippen LogP contribution in [0.1, 0.15) is 0 Å². The van der Waals surface area contributed by atoms with E-state index in [9.17, 15) is 27.9 Å². The van der Waals surface area contributed by atoms with Crippen LogP contribution in [0.3, 0.4) is 0 Å². The molecule has 0 amide bonds. The molecule has 2 heterocycles. The molecule has 1 aliphatic heterocycles. The number of carboxylic acids is 1. The van der Waals surface area contributed by atoms with Gasteiger partial charge in [-0.15, -0.1) is 0 Å². The van der Waals surface area contributed by atoms with Crippen LogP contribution in [0.25, 0.3) is 11.0 Å². The second kappa shape index (κ2) is 7.16. The van der Waals surface area contributed by atoms with E-state index in [1.54, 1.807) is 0 Å². The molecule has 12 heteroatoms. The van der Waals surface area contributed by atoms with Crippen molar-refractivity contribution in [2.24, 2.45) is 14.1 Å². The molecule has 3 aromatic rings. The standard InChI is InChI=1S/C19H17N3O8S/c1-20-13-5-4-12(8-14(13)21(2)19(26)18(20)25)31(27,28)22(9-17(23)24)11-3-6-15-16(7-11)30-10-29-15/h3-8H,9-10H2,1-2H3,(H,23,24)/p-1. The zero-order chi connectivity index (χ0) is 22.5. The van der Waals surface area contributed by atoms with Gasteiger partial charge in [-0.3, -0.25) is 13.9 Å². The maximum atomic E-state index is 13.4. The summed E-state index contributed by atoms with van der Waals surface area (Å²) in [4.78, 5) is 35.2. The third kappa shape index (κ3) is 3.30. The largest absolute Gasteiger partial charge is 0.548 e. The van der Waals surface area contributed by atoms with Crippen molar-refractivity contribution in [1.29, 1.82) is 0 Å². The number of hydrogen-bond acceptors (Lipinski definition) is 8. The lowest BCUT2D eigenvalue weighted by Gasteiger charge is -2.25. The van der Waals surface area contributed by atoms with E-state index in [1.807, 2.05) is 0 Å². The lowest BCUT2D eigenvalue weighted by Crippen LogP contribution is -2.42. The molecule has 0 N–H and O–H groups in total. The lowest BCUT2D eigenvalue weighted by molar-refractivity contribution is -0.303. The molecule has 11 nitrogen and oxygen atoms in total. The summed E-state index contributed by atoms with van der Waals surface area (Å²) in [5, 5.41) is 11.3. The highest BCUT2D eigenvalue weighted by Gasteiger charge is 2.28. The van der Waals surface area contributed by atoms with E-state index in [-0.39, 0.29) is 28.6 Å². The van der Waals surface area contributed by atoms with Crippen molar-refractivity contribution in [3.8, 4) is 11.5 Å². The molecule has 0 saturated heterocycles. The summed E-state index contributed by atoms with van der Waals surface area (Å²) in [7, 11) is -1.65. The van der Waals surface area contributed by atoms with Gasteiger partial charge in [-0.25, -0.2) is 8.42 Å². The van der Waals surface area contributed by atoms with Crippen molar-refractivity contribution < 1.29 is 27.8 Å². The molecule has 1 aromatic heterocycles. The van der Waals surface area contributed by atoms with Gasteiger partial charge in [0.1, 0.15) is 0 Å². The Morgan fingerprint density at radius 1 is 1.00 bits per heavy atom. The van der Waals surface area contributed by atoms with Crippen LogP contribution in [0, 0.1) is 0 Å². The maximum Gasteiger partial charge on any atom is 0.316 e. The fourth-order valence-electron chi connectivity index (χ4n) is 3.32. The van der Waals surface area contributed by atoms with Crippen LogP contribution in [0.4, 0.5) is 5.69 Å². The molecule has 0 fully saturated rings. The number of nitrogens with zero attached hydrogens (tertiary/aromatic N) is 3. The fourth-order valence-corrected chi connectivity index (χ4v) is 4.74. The van der Waals surface area contributed by atoms with Gasteiger partial charge >= 0.3 is 11.1 Å². The van der Waals surface area contributed by atoms with E-state index in [1.165, 1.54) is 50.5 Å². The number of ether oxygens (including phenoxy) is 2. The highest BCUT2D eigenvalue weighted by molar-refractivity contribution is 7.92. The van der Waals surface area contributed by atoms with Gasteiger partial charge in [-0.1, -0.05) is 0 Å². The molecule has 0 aliphatic carbocycles. The summed E-state index contributed by atoms with van der Waals surface area (Å²) in [5.74, 6) is -0.944.